The molecule has 0 amide bonds. The third kappa shape index (κ3) is 3.46. The molecule has 0 saturated carbocycles. The first-order chi connectivity index (χ1) is 22.0. The summed E-state index contributed by atoms with van der Waals surface area (Å²) in [4.78, 5) is 0. The van der Waals surface area contributed by atoms with Crippen molar-refractivity contribution in [3.05, 3.63) is 138 Å². The molecule has 1 aliphatic rings. The molecule has 0 atom stereocenters. The van der Waals surface area contributed by atoms with Crippen LogP contribution in [0.2, 0.25) is 0 Å². The lowest BCUT2D eigenvalue weighted by Gasteiger charge is -2.21. The van der Waals surface area contributed by atoms with Crippen LogP contribution in [-0.2, 0) is 5.41 Å². The molecule has 0 saturated heterocycles. The summed E-state index contributed by atoms with van der Waals surface area (Å²) in [6, 6.07) is 44.1. The second-order valence-electron chi connectivity index (χ2n) is 12.4. The zero-order chi connectivity index (χ0) is 30.4. The molecular formula is C41H25N3O. The van der Waals surface area contributed by atoms with Crippen LogP contribution < -0.4 is 0 Å². The zero-order valence-electron chi connectivity index (χ0n) is 24.7. The summed E-state index contributed by atoms with van der Waals surface area (Å²) in [5.41, 5.74) is 13.0. The van der Waals surface area contributed by atoms with Crippen molar-refractivity contribution in [2.45, 2.75) is 19.3 Å². The van der Waals surface area contributed by atoms with Crippen molar-refractivity contribution >= 4 is 43.7 Å². The second kappa shape index (κ2) is 8.96. The highest BCUT2D eigenvalue weighted by atomic mass is 16.3. The molecule has 8 aromatic rings. The number of aromatic nitrogens is 1. The summed E-state index contributed by atoms with van der Waals surface area (Å²) < 4.78 is 8.68. The molecule has 45 heavy (non-hydrogen) atoms. The van der Waals surface area contributed by atoms with Gasteiger partial charge in [-0.05, 0) is 88.5 Å². The van der Waals surface area contributed by atoms with Gasteiger partial charge in [-0.15, -0.1) is 0 Å². The summed E-state index contributed by atoms with van der Waals surface area (Å²) in [7, 11) is 0. The molecule has 0 spiro atoms. The van der Waals surface area contributed by atoms with E-state index in [0.29, 0.717) is 11.1 Å². The van der Waals surface area contributed by atoms with Gasteiger partial charge >= 0.3 is 0 Å². The molecule has 0 N–H and O–H groups in total. The summed E-state index contributed by atoms with van der Waals surface area (Å²) in [6.45, 7) is 4.57. The Morgan fingerprint density at radius 1 is 0.556 bits per heavy atom. The van der Waals surface area contributed by atoms with E-state index in [2.05, 4.69) is 97.3 Å². The number of nitrogens with zero attached hydrogens (tertiary/aromatic N) is 3. The van der Waals surface area contributed by atoms with E-state index in [1.165, 1.54) is 22.3 Å². The van der Waals surface area contributed by atoms with E-state index in [4.69, 9.17) is 4.42 Å². The Morgan fingerprint density at radius 3 is 2.16 bits per heavy atom. The van der Waals surface area contributed by atoms with Crippen molar-refractivity contribution in [2.24, 2.45) is 0 Å². The maximum absolute atomic E-state index is 9.92. The van der Waals surface area contributed by atoms with Crippen LogP contribution in [0.15, 0.2) is 120 Å². The molecule has 2 aromatic heterocycles. The van der Waals surface area contributed by atoms with E-state index in [9.17, 15) is 10.5 Å². The van der Waals surface area contributed by atoms with E-state index in [1.54, 1.807) is 0 Å². The Balaban J connectivity index is 1.31. The van der Waals surface area contributed by atoms with Crippen LogP contribution in [0.25, 0.3) is 71.7 Å². The Bertz CT molecular complexity index is 2650. The normalized spacial score (nSPS) is 13.2. The number of para-hydroxylation sites is 1. The predicted molar refractivity (Wildman–Crippen MR) is 180 cm³/mol. The average Bonchev–Trinajstić information content (AvgIpc) is 3.68. The number of hydrogen-bond acceptors (Lipinski definition) is 3. The molecule has 4 nitrogen and oxygen atoms in total. The van der Waals surface area contributed by atoms with Gasteiger partial charge in [0.25, 0.3) is 0 Å². The molecule has 0 bridgehead atoms. The van der Waals surface area contributed by atoms with E-state index in [1.807, 2.05) is 48.5 Å². The SMILES string of the molecule is CC1(C)c2ccccc2-c2cc3c(cc21)oc1ccc(-c2ccc(C#N)cc2-n2c4ccccc4c4cc(C#N)ccc42)cc13. The van der Waals surface area contributed by atoms with Crippen molar-refractivity contribution in [3.8, 4) is 40.1 Å². The van der Waals surface area contributed by atoms with Crippen LogP contribution >= 0.6 is 0 Å². The van der Waals surface area contributed by atoms with Crippen molar-refractivity contribution < 1.29 is 4.42 Å². The van der Waals surface area contributed by atoms with Crippen molar-refractivity contribution in [1.29, 1.82) is 10.5 Å². The van der Waals surface area contributed by atoms with Gasteiger partial charge in [0.1, 0.15) is 11.2 Å². The minimum Gasteiger partial charge on any atom is -0.456 e. The van der Waals surface area contributed by atoms with Gasteiger partial charge < -0.3 is 8.98 Å². The van der Waals surface area contributed by atoms with Crippen LogP contribution in [-0.4, -0.2) is 4.57 Å². The third-order valence-electron chi connectivity index (χ3n) is 9.65. The predicted octanol–water partition coefficient (Wildman–Crippen LogP) is 10.4. The van der Waals surface area contributed by atoms with Crippen LogP contribution in [0, 0.1) is 22.7 Å². The molecule has 9 rings (SSSR count). The van der Waals surface area contributed by atoms with Crippen molar-refractivity contribution in [3.63, 3.8) is 0 Å². The molecular weight excluding hydrogens is 550 g/mol. The number of nitriles is 2. The van der Waals surface area contributed by atoms with Crippen LogP contribution in [0.5, 0.6) is 0 Å². The number of fused-ring (bicyclic) bond motifs is 9. The molecule has 0 aliphatic heterocycles. The first-order valence-corrected chi connectivity index (χ1v) is 15.0. The van der Waals surface area contributed by atoms with E-state index in [-0.39, 0.29) is 5.41 Å². The summed E-state index contributed by atoms with van der Waals surface area (Å²) >= 11 is 0. The van der Waals surface area contributed by atoms with Gasteiger partial charge in [-0.3, -0.25) is 0 Å². The summed E-state index contributed by atoms with van der Waals surface area (Å²) in [5.74, 6) is 0. The lowest BCUT2D eigenvalue weighted by Crippen LogP contribution is -2.14. The second-order valence-corrected chi connectivity index (χ2v) is 12.4. The quantitative estimate of drug-likeness (QED) is 0.206. The largest absolute Gasteiger partial charge is 0.456 e. The lowest BCUT2D eigenvalue weighted by atomic mass is 9.82. The fourth-order valence-corrected chi connectivity index (χ4v) is 7.47. The molecule has 0 radical (unpaired) electrons. The van der Waals surface area contributed by atoms with Gasteiger partial charge in [0.15, 0.2) is 0 Å². The maximum atomic E-state index is 9.92. The Labute approximate surface area is 259 Å². The monoisotopic (exact) mass is 575 g/mol. The van der Waals surface area contributed by atoms with Crippen LogP contribution in [0.1, 0.15) is 36.1 Å². The topological polar surface area (TPSA) is 65.7 Å². The first kappa shape index (κ1) is 25.4. The number of benzene rings is 6. The molecule has 4 heteroatoms. The number of furan rings is 1. The molecule has 1 aliphatic carbocycles. The fourth-order valence-electron chi connectivity index (χ4n) is 7.47. The Morgan fingerprint density at radius 2 is 1.29 bits per heavy atom. The minimum atomic E-state index is -0.0992. The maximum Gasteiger partial charge on any atom is 0.135 e. The standard InChI is InChI=1S/C41H25N3O/c1-41(2)34-9-5-3-7-28(34)30-20-33-32-19-26(13-16-39(32)45-40(33)21-35(30)41)27-14-11-25(23-43)18-38(27)44-36-10-6-4-8-29(36)31-17-24(22-42)12-15-37(31)44/h3-21H,1-2H3. The van der Waals surface area contributed by atoms with Crippen molar-refractivity contribution in [1.82, 2.24) is 4.57 Å². The van der Waals surface area contributed by atoms with Gasteiger partial charge in [-0.1, -0.05) is 68.4 Å². The zero-order valence-corrected chi connectivity index (χ0v) is 24.7. The number of hydrogen-bond donors (Lipinski definition) is 0. The highest BCUT2D eigenvalue weighted by molar-refractivity contribution is 6.11. The third-order valence-corrected chi connectivity index (χ3v) is 9.65. The van der Waals surface area contributed by atoms with Gasteiger partial charge in [0.2, 0.25) is 0 Å². The van der Waals surface area contributed by atoms with E-state index in [0.717, 1.165) is 60.6 Å². The van der Waals surface area contributed by atoms with E-state index >= 15 is 0 Å². The van der Waals surface area contributed by atoms with Gasteiger partial charge in [-0.2, -0.15) is 10.5 Å². The van der Waals surface area contributed by atoms with Gasteiger partial charge in [-0.25, -0.2) is 0 Å². The first-order valence-electron chi connectivity index (χ1n) is 15.0. The molecule has 6 aromatic carbocycles. The molecule has 0 fully saturated rings. The van der Waals surface area contributed by atoms with Crippen molar-refractivity contribution in [2.75, 3.05) is 0 Å². The summed E-state index contributed by atoms with van der Waals surface area (Å²) in [6.07, 6.45) is 0. The Kier molecular flexibility index (Phi) is 5.06. The smallest absolute Gasteiger partial charge is 0.135 e. The fraction of sp³-hybridized carbons (Fsp3) is 0.0732. The van der Waals surface area contributed by atoms with Crippen LogP contribution in [0.4, 0.5) is 0 Å². The minimum absolute atomic E-state index is 0.0992. The Hall–Kier alpha value is -6.10. The number of rotatable bonds is 2. The van der Waals surface area contributed by atoms with Gasteiger partial charge in [0.05, 0.1) is 40.0 Å². The highest BCUT2D eigenvalue weighted by Crippen LogP contribution is 2.51. The summed E-state index contributed by atoms with van der Waals surface area (Å²) in [5, 5.41) is 23.8. The van der Waals surface area contributed by atoms with E-state index < -0.39 is 0 Å². The van der Waals surface area contributed by atoms with Crippen LogP contribution in [0.3, 0.4) is 0 Å². The lowest BCUT2D eigenvalue weighted by molar-refractivity contribution is 0.647. The molecule has 210 valence electrons. The molecule has 0 unspecified atom stereocenters. The highest BCUT2D eigenvalue weighted by Gasteiger charge is 2.36. The average molecular weight is 576 g/mol. The van der Waals surface area contributed by atoms with Gasteiger partial charge in [0, 0.05) is 32.5 Å². The molecule has 2 heterocycles.